The van der Waals surface area contributed by atoms with Gasteiger partial charge < -0.3 is 20.1 Å². The van der Waals surface area contributed by atoms with Gasteiger partial charge in [-0.2, -0.15) is 0 Å². The molecule has 0 unspecified atom stereocenters. The molecule has 1 amide bonds. The molecule has 1 fully saturated rings. The van der Waals surface area contributed by atoms with E-state index < -0.39 is 6.09 Å². The first-order chi connectivity index (χ1) is 10.2. The van der Waals surface area contributed by atoms with Crippen LogP contribution in [0.2, 0.25) is 0 Å². The number of nitrogens with one attached hydrogen (secondary N) is 2. The van der Waals surface area contributed by atoms with Crippen molar-refractivity contribution < 1.29 is 19.1 Å². The second kappa shape index (κ2) is 7.64. The lowest BCUT2D eigenvalue weighted by Gasteiger charge is -2.30. The lowest BCUT2D eigenvalue weighted by atomic mass is 9.93. The monoisotopic (exact) mass is 292 g/mol. The maximum Gasteiger partial charge on any atom is 0.407 e. The summed E-state index contributed by atoms with van der Waals surface area (Å²) in [4.78, 5) is 23.5. The van der Waals surface area contributed by atoms with Crippen LogP contribution < -0.4 is 10.6 Å². The number of ether oxygens (including phenoxy) is 2. The van der Waals surface area contributed by atoms with Crippen molar-refractivity contribution in [1.29, 1.82) is 0 Å². The number of amides is 1. The Labute approximate surface area is 123 Å². The van der Waals surface area contributed by atoms with Crippen molar-refractivity contribution in [3.63, 3.8) is 0 Å². The van der Waals surface area contributed by atoms with Gasteiger partial charge in [-0.05, 0) is 18.5 Å². The number of piperidine rings is 1. The fourth-order valence-electron chi connectivity index (χ4n) is 2.35. The van der Waals surface area contributed by atoms with E-state index in [2.05, 4.69) is 10.6 Å². The number of hydrogen-bond donors (Lipinski definition) is 2. The highest BCUT2D eigenvalue weighted by Gasteiger charge is 2.33. The van der Waals surface area contributed by atoms with Gasteiger partial charge in [-0.25, -0.2) is 4.79 Å². The van der Waals surface area contributed by atoms with Crippen molar-refractivity contribution in [2.75, 3.05) is 20.2 Å². The normalized spacial score (nSPS) is 21.4. The molecule has 0 saturated carbocycles. The van der Waals surface area contributed by atoms with Crippen molar-refractivity contribution in [2.45, 2.75) is 19.1 Å². The van der Waals surface area contributed by atoms with Crippen LogP contribution in [0.15, 0.2) is 30.3 Å². The molecule has 2 N–H and O–H groups in total. The summed E-state index contributed by atoms with van der Waals surface area (Å²) in [5, 5.41) is 5.87. The van der Waals surface area contributed by atoms with Crippen molar-refractivity contribution in [1.82, 2.24) is 10.6 Å². The molecule has 1 heterocycles. The van der Waals surface area contributed by atoms with Gasteiger partial charge in [0.15, 0.2) is 0 Å². The molecule has 0 radical (unpaired) electrons. The summed E-state index contributed by atoms with van der Waals surface area (Å²) in [7, 11) is 1.35. The quantitative estimate of drug-likeness (QED) is 0.812. The lowest BCUT2D eigenvalue weighted by molar-refractivity contribution is -0.146. The number of hydrogen-bond acceptors (Lipinski definition) is 5. The Morgan fingerprint density at radius 2 is 2.10 bits per heavy atom. The maximum atomic E-state index is 11.8. The summed E-state index contributed by atoms with van der Waals surface area (Å²) in [5.41, 5.74) is 0.919. The van der Waals surface area contributed by atoms with E-state index in [0.717, 1.165) is 12.1 Å². The van der Waals surface area contributed by atoms with Crippen molar-refractivity contribution in [3.8, 4) is 0 Å². The van der Waals surface area contributed by atoms with Crippen LogP contribution in [-0.2, 0) is 20.9 Å². The number of esters is 1. The molecule has 114 valence electrons. The number of alkyl carbamates (subject to hydrolysis) is 1. The molecular weight excluding hydrogens is 272 g/mol. The molecule has 1 aliphatic rings. The van der Waals surface area contributed by atoms with E-state index in [-0.39, 0.29) is 24.5 Å². The van der Waals surface area contributed by atoms with E-state index in [1.807, 2.05) is 30.3 Å². The van der Waals surface area contributed by atoms with E-state index in [4.69, 9.17) is 9.47 Å². The molecule has 2 atom stereocenters. The Hall–Kier alpha value is -2.08. The molecule has 1 aromatic rings. The van der Waals surface area contributed by atoms with Crippen LogP contribution in [-0.4, -0.2) is 38.3 Å². The molecule has 0 aliphatic carbocycles. The smallest absolute Gasteiger partial charge is 0.407 e. The third kappa shape index (κ3) is 4.46. The van der Waals surface area contributed by atoms with Crippen molar-refractivity contribution >= 4 is 12.1 Å². The van der Waals surface area contributed by atoms with Gasteiger partial charge >= 0.3 is 12.1 Å². The number of carbonyl (C=O) groups excluding carboxylic acids is 2. The van der Waals surface area contributed by atoms with Gasteiger partial charge in [-0.15, -0.1) is 0 Å². The first-order valence-electron chi connectivity index (χ1n) is 6.96. The highest BCUT2D eigenvalue weighted by Crippen LogP contribution is 2.13. The van der Waals surface area contributed by atoms with Crippen LogP contribution >= 0.6 is 0 Å². The minimum Gasteiger partial charge on any atom is -0.469 e. The molecule has 0 bridgehead atoms. The number of methoxy groups -OCH3 is 1. The highest BCUT2D eigenvalue weighted by molar-refractivity contribution is 5.75. The van der Waals surface area contributed by atoms with Gasteiger partial charge in [-0.1, -0.05) is 30.3 Å². The predicted octanol–water partition coefficient (Wildman–Crippen LogP) is 1.06. The molecule has 1 aliphatic heterocycles. The van der Waals surface area contributed by atoms with E-state index >= 15 is 0 Å². The molecule has 1 saturated heterocycles. The minimum atomic E-state index is -0.514. The molecule has 1 aromatic carbocycles. The first-order valence-corrected chi connectivity index (χ1v) is 6.96. The fourth-order valence-corrected chi connectivity index (χ4v) is 2.35. The molecule has 6 heteroatoms. The minimum absolute atomic E-state index is 0.209. The fraction of sp³-hybridized carbons (Fsp3) is 0.467. The SMILES string of the molecule is COC(=O)[C@@H]1CNCC[C@H]1NC(=O)OCc1ccccc1. The topological polar surface area (TPSA) is 76.7 Å². The molecule has 6 nitrogen and oxygen atoms in total. The molecular formula is C15H20N2O4. The second-order valence-corrected chi connectivity index (χ2v) is 4.94. The van der Waals surface area contributed by atoms with E-state index in [0.29, 0.717) is 13.0 Å². The summed E-state index contributed by atoms with van der Waals surface area (Å²) in [6.45, 7) is 1.45. The molecule has 2 rings (SSSR count). The number of benzene rings is 1. The molecule has 0 spiro atoms. The standard InChI is InChI=1S/C15H20N2O4/c1-20-14(18)12-9-16-8-7-13(12)17-15(19)21-10-11-5-3-2-4-6-11/h2-6,12-13,16H,7-10H2,1H3,(H,17,19)/t12-,13-/m1/s1. The Morgan fingerprint density at radius 1 is 1.33 bits per heavy atom. The third-order valence-corrected chi connectivity index (χ3v) is 3.50. The summed E-state index contributed by atoms with van der Waals surface area (Å²) in [5.74, 6) is -0.705. The maximum absolute atomic E-state index is 11.8. The van der Waals surface area contributed by atoms with Gasteiger partial charge in [0, 0.05) is 12.6 Å². The molecule has 21 heavy (non-hydrogen) atoms. The van der Waals surface area contributed by atoms with Crippen LogP contribution in [0.5, 0.6) is 0 Å². The van der Waals surface area contributed by atoms with Crippen molar-refractivity contribution in [2.24, 2.45) is 5.92 Å². The zero-order valence-corrected chi connectivity index (χ0v) is 12.0. The van der Waals surface area contributed by atoms with Crippen LogP contribution in [0, 0.1) is 5.92 Å². The predicted molar refractivity (Wildman–Crippen MR) is 76.5 cm³/mol. The van der Waals surface area contributed by atoms with Gasteiger partial charge in [0.25, 0.3) is 0 Å². The number of rotatable bonds is 4. The van der Waals surface area contributed by atoms with Gasteiger partial charge in [-0.3, -0.25) is 4.79 Å². The summed E-state index contributed by atoms with van der Waals surface area (Å²) in [6, 6.07) is 9.18. The lowest BCUT2D eigenvalue weighted by Crippen LogP contribution is -2.52. The summed E-state index contributed by atoms with van der Waals surface area (Å²) >= 11 is 0. The van der Waals surface area contributed by atoms with Crippen LogP contribution in [0.25, 0.3) is 0 Å². The van der Waals surface area contributed by atoms with Crippen molar-refractivity contribution in [3.05, 3.63) is 35.9 Å². The first kappa shape index (κ1) is 15.3. The van der Waals surface area contributed by atoms with Crippen LogP contribution in [0.3, 0.4) is 0 Å². The Bertz CT molecular complexity index is 478. The van der Waals surface area contributed by atoms with E-state index in [1.165, 1.54) is 7.11 Å². The van der Waals surface area contributed by atoms with Gasteiger partial charge in [0.05, 0.1) is 13.0 Å². The average molecular weight is 292 g/mol. The summed E-state index contributed by atoms with van der Waals surface area (Å²) < 4.78 is 9.93. The molecule has 0 aromatic heterocycles. The Balaban J connectivity index is 1.84. The largest absolute Gasteiger partial charge is 0.469 e. The van der Waals surface area contributed by atoms with Gasteiger partial charge in [0.2, 0.25) is 0 Å². The van der Waals surface area contributed by atoms with E-state index in [9.17, 15) is 9.59 Å². The van der Waals surface area contributed by atoms with Gasteiger partial charge in [0.1, 0.15) is 6.61 Å². The summed E-state index contributed by atoms with van der Waals surface area (Å²) in [6.07, 6.45) is 0.153. The average Bonchev–Trinajstić information content (AvgIpc) is 2.54. The number of carbonyl (C=O) groups is 2. The van der Waals surface area contributed by atoms with Crippen LogP contribution in [0.1, 0.15) is 12.0 Å². The zero-order valence-electron chi connectivity index (χ0n) is 12.0. The van der Waals surface area contributed by atoms with E-state index in [1.54, 1.807) is 0 Å². The Kier molecular flexibility index (Phi) is 5.57. The van der Waals surface area contributed by atoms with Crippen LogP contribution in [0.4, 0.5) is 4.79 Å². The Morgan fingerprint density at radius 3 is 2.81 bits per heavy atom. The second-order valence-electron chi connectivity index (χ2n) is 4.94. The third-order valence-electron chi connectivity index (χ3n) is 3.50. The zero-order chi connectivity index (χ0) is 15.1. The highest BCUT2D eigenvalue weighted by atomic mass is 16.5.